The largest absolute Gasteiger partial charge is 0.355 e. The van der Waals surface area contributed by atoms with E-state index in [2.05, 4.69) is 35.8 Å². The van der Waals surface area contributed by atoms with Gasteiger partial charge >= 0.3 is 0 Å². The number of aromatic nitrogens is 5. The van der Waals surface area contributed by atoms with Gasteiger partial charge in [-0.3, -0.25) is 9.69 Å². The number of hydrogen-bond acceptors (Lipinski definition) is 7. The van der Waals surface area contributed by atoms with E-state index in [1.165, 1.54) is 24.3 Å². The Kier molecular flexibility index (Phi) is 6.35. The molecule has 1 aliphatic heterocycles. The van der Waals surface area contributed by atoms with Gasteiger partial charge in [0.1, 0.15) is 5.69 Å². The normalized spacial score (nSPS) is 15.4. The van der Waals surface area contributed by atoms with E-state index in [1.807, 2.05) is 30.0 Å². The maximum absolute atomic E-state index is 11.2. The molecular formula is C16H23N7OS. The molecule has 3 rings (SSSR count). The Bertz CT molecular complexity index is 673. The first kappa shape index (κ1) is 17.8. The fourth-order valence-corrected chi connectivity index (χ4v) is 4.07. The molecule has 1 aliphatic rings. The van der Waals surface area contributed by atoms with Gasteiger partial charge in [-0.1, -0.05) is 6.07 Å². The van der Waals surface area contributed by atoms with Gasteiger partial charge in [0.15, 0.2) is 0 Å². The molecule has 0 atom stereocenters. The van der Waals surface area contributed by atoms with E-state index < -0.39 is 0 Å². The SMILES string of the molecule is CC(=O)NCCN(Cc1cccc(-c2nn[nH]n2)n1)C1CCSCC1. The fourth-order valence-electron chi connectivity index (χ4n) is 2.99. The molecule has 25 heavy (non-hydrogen) atoms. The van der Waals surface area contributed by atoms with Crippen molar-refractivity contribution in [2.75, 3.05) is 24.6 Å². The van der Waals surface area contributed by atoms with E-state index in [4.69, 9.17) is 0 Å². The van der Waals surface area contributed by atoms with Crippen molar-refractivity contribution < 1.29 is 4.79 Å². The second-order valence-corrected chi connectivity index (χ2v) is 7.27. The van der Waals surface area contributed by atoms with Gasteiger partial charge in [0, 0.05) is 32.6 Å². The van der Waals surface area contributed by atoms with Crippen LogP contribution in [0.5, 0.6) is 0 Å². The molecule has 134 valence electrons. The maximum atomic E-state index is 11.2. The van der Waals surface area contributed by atoms with Crippen LogP contribution in [0.15, 0.2) is 18.2 Å². The van der Waals surface area contributed by atoms with Crippen LogP contribution in [0.1, 0.15) is 25.5 Å². The summed E-state index contributed by atoms with van der Waals surface area (Å²) >= 11 is 2.01. The van der Waals surface area contributed by atoms with Crippen molar-refractivity contribution in [2.24, 2.45) is 0 Å². The van der Waals surface area contributed by atoms with Crippen LogP contribution in [0.2, 0.25) is 0 Å². The monoisotopic (exact) mass is 361 g/mol. The van der Waals surface area contributed by atoms with Crippen LogP contribution in [0.25, 0.3) is 11.5 Å². The van der Waals surface area contributed by atoms with Crippen LogP contribution >= 0.6 is 11.8 Å². The molecule has 1 saturated heterocycles. The highest BCUT2D eigenvalue weighted by atomic mass is 32.2. The second kappa shape index (κ2) is 8.91. The number of rotatable bonds is 7. The summed E-state index contributed by atoms with van der Waals surface area (Å²) in [5.41, 5.74) is 1.69. The van der Waals surface area contributed by atoms with Crippen molar-refractivity contribution in [3.8, 4) is 11.5 Å². The molecule has 0 unspecified atom stereocenters. The van der Waals surface area contributed by atoms with Crippen LogP contribution < -0.4 is 5.32 Å². The minimum atomic E-state index is 0.0105. The van der Waals surface area contributed by atoms with Gasteiger partial charge in [0.05, 0.1) is 5.69 Å². The number of nitrogens with one attached hydrogen (secondary N) is 2. The van der Waals surface area contributed by atoms with Gasteiger partial charge < -0.3 is 5.32 Å². The van der Waals surface area contributed by atoms with Gasteiger partial charge in [-0.15, -0.1) is 10.2 Å². The van der Waals surface area contributed by atoms with Gasteiger partial charge in [-0.25, -0.2) is 4.98 Å². The minimum absolute atomic E-state index is 0.0105. The Balaban J connectivity index is 1.70. The van der Waals surface area contributed by atoms with E-state index in [1.54, 1.807) is 6.92 Å². The van der Waals surface area contributed by atoms with Crippen LogP contribution in [0, 0.1) is 0 Å². The molecule has 1 amide bonds. The Labute approximate surface area is 151 Å². The summed E-state index contributed by atoms with van der Waals surface area (Å²) in [6.45, 7) is 3.78. The van der Waals surface area contributed by atoms with Crippen molar-refractivity contribution in [3.05, 3.63) is 23.9 Å². The lowest BCUT2D eigenvalue weighted by molar-refractivity contribution is -0.119. The van der Waals surface area contributed by atoms with Crippen LogP contribution in [0.3, 0.4) is 0 Å². The molecule has 2 aromatic rings. The second-order valence-electron chi connectivity index (χ2n) is 6.05. The summed E-state index contributed by atoms with van der Waals surface area (Å²) in [5.74, 6) is 2.90. The lowest BCUT2D eigenvalue weighted by Crippen LogP contribution is -2.42. The van der Waals surface area contributed by atoms with E-state index >= 15 is 0 Å². The van der Waals surface area contributed by atoms with Crippen molar-refractivity contribution in [2.45, 2.75) is 32.4 Å². The van der Waals surface area contributed by atoms with E-state index in [0.717, 1.165) is 18.8 Å². The number of tetrazole rings is 1. The van der Waals surface area contributed by atoms with Crippen molar-refractivity contribution >= 4 is 17.7 Å². The predicted octanol–water partition coefficient (Wildman–Crippen LogP) is 1.10. The lowest BCUT2D eigenvalue weighted by Gasteiger charge is -2.34. The molecule has 3 heterocycles. The summed E-state index contributed by atoms with van der Waals surface area (Å²) in [7, 11) is 0. The third-order valence-electron chi connectivity index (χ3n) is 4.23. The van der Waals surface area contributed by atoms with Crippen LogP contribution in [-0.2, 0) is 11.3 Å². The lowest BCUT2D eigenvalue weighted by atomic mass is 10.1. The summed E-state index contributed by atoms with van der Waals surface area (Å²) in [5, 5.41) is 16.9. The Morgan fingerprint density at radius 1 is 1.40 bits per heavy atom. The molecule has 0 aliphatic carbocycles. The molecule has 2 N–H and O–H groups in total. The molecule has 0 spiro atoms. The zero-order valence-corrected chi connectivity index (χ0v) is 15.1. The number of pyridine rings is 1. The fraction of sp³-hybridized carbons (Fsp3) is 0.562. The summed E-state index contributed by atoms with van der Waals surface area (Å²) in [6.07, 6.45) is 2.35. The molecule has 0 saturated carbocycles. The number of thioether (sulfide) groups is 1. The molecule has 8 nitrogen and oxygen atoms in total. The highest BCUT2D eigenvalue weighted by molar-refractivity contribution is 7.99. The Morgan fingerprint density at radius 3 is 2.96 bits per heavy atom. The number of hydrogen-bond donors (Lipinski definition) is 2. The third-order valence-corrected chi connectivity index (χ3v) is 5.28. The Hall–Kier alpha value is -2.00. The van der Waals surface area contributed by atoms with Crippen LogP contribution in [0.4, 0.5) is 0 Å². The Morgan fingerprint density at radius 2 is 2.24 bits per heavy atom. The van der Waals surface area contributed by atoms with Gasteiger partial charge in [0.2, 0.25) is 11.7 Å². The average molecular weight is 361 g/mol. The number of carbonyl (C=O) groups excluding carboxylic acids is 1. The van der Waals surface area contributed by atoms with Crippen molar-refractivity contribution in [1.29, 1.82) is 0 Å². The van der Waals surface area contributed by atoms with Crippen molar-refractivity contribution in [1.82, 2.24) is 35.8 Å². The number of amides is 1. The zero-order valence-electron chi connectivity index (χ0n) is 14.3. The minimum Gasteiger partial charge on any atom is -0.355 e. The van der Waals surface area contributed by atoms with E-state index in [-0.39, 0.29) is 5.91 Å². The quantitative estimate of drug-likeness (QED) is 0.761. The van der Waals surface area contributed by atoms with Crippen molar-refractivity contribution in [3.63, 3.8) is 0 Å². The molecule has 0 radical (unpaired) electrons. The molecule has 2 aromatic heterocycles. The van der Waals surface area contributed by atoms with Crippen LogP contribution in [-0.4, -0.2) is 67.1 Å². The topological polar surface area (TPSA) is 99.7 Å². The number of aromatic amines is 1. The molecule has 9 heteroatoms. The first-order chi connectivity index (χ1) is 12.2. The highest BCUT2D eigenvalue weighted by Gasteiger charge is 2.22. The number of carbonyl (C=O) groups is 1. The maximum Gasteiger partial charge on any atom is 0.222 e. The number of H-pyrrole nitrogens is 1. The summed E-state index contributed by atoms with van der Waals surface area (Å²) in [6, 6.07) is 6.40. The standard InChI is InChI=1S/C16H23N7OS/c1-12(24)17-7-8-23(14-5-9-25-10-6-14)11-13-3-2-4-15(18-13)16-19-21-22-20-16/h2-4,14H,5-11H2,1H3,(H,17,24)(H,19,20,21,22). The summed E-state index contributed by atoms with van der Waals surface area (Å²) in [4.78, 5) is 18.3. The first-order valence-corrected chi connectivity index (χ1v) is 9.64. The average Bonchev–Trinajstić information content (AvgIpc) is 3.16. The van der Waals surface area contributed by atoms with E-state index in [9.17, 15) is 4.79 Å². The zero-order chi connectivity index (χ0) is 17.5. The molecule has 1 fully saturated rings. The third kappa shape index (κ3) is 5.23. The highest BCUT2D eigenvalue weighted by Crippen LogP contribution is 2.23. The smallest absolute Gasteiger partial charge is 0.222 e. The van der Waals surface area contributed by atoms with Gasteiger partial charge in [-0.05, 0) is 41.7 Å². The molecule has 0 aromatic carbocycles. The predicted molar refractivity (Wildman–Crippen MR) is 96.8 cm³/mol. The van der Waals surface area contributed by atoms with E-state index in [0.29, 0.717) is 24.1 Å². The molecule has 0 bridgehead atoms. The van der Waals surface area contributed by atoms with Gasteiger partial charge in [0.25, 0.3) is 0 Å². The number of nitrogens with zero attached hydrogens (tertiary/aromatic N) is 5. The van der Waals surface area contributed by atoms with Gasteiger partial charge in [-0.2, -0.15) is 17.0 Å². The summed E-state index contributed by atoms with van der Waals surface area (Å²) < 4.78 is 0. The first-order valence-electron chi connectivity index (χ1n) is 8.48. The molecular weight excluding hydrogens is 338 g/mol.